The molecule has 0 aromatic carbocycles. The van der Waals surface area contributed by atoms with Crippen LogP contribution in [-0.2, 0) is 12.0 Å². The van der Waals surface area contributed by atoms with Crippen LogP contribution in [0.4, 0.5) is 0 Å². The summed E-state index contributed by atoms with van der Waals surface area (Å²) in [7, 11) is 0. The largest absolute Gasteiger partial charge is 0.225 e. The SMILES string of the molecule is CC(C)Cc1c[n+](C(C)(C)C)cs1. The Morgan fingerprint density at radius 1 is 1.38 bits per heavy atom. The van der Waals surface area contributed by atoms with Crippen molar-refractivity contribution in [2.24, 2.45) is 5.92 Å². The van der Waals surface area contributed by atoms with Gasteiger partial charge < -0.3 is 0 Å². The number of thiazole rings is 1. The predicted octanol–water partition coefficient (Wildman–Crippen LogP) is 2.99. The molecule has 0 spiro atoms. The quantitative estimate of drug-likeness (QED) is 0.643. The average molecular weight is 198 g/mol. The lowest BCUT2D eigenvalue weighted by molar-refractivity contribution is -0.750. The standard InChI is InChI=1S/C11H20NS/c1-9(2)6-10-7-12(8-13-10)11(3,4)5/h7-9H,6H2,1-5H3/q+1. The molecule has 0 radical (unpaired) electrons. The van der Waals surface area contributed by atoms with Gasteiger partial charge in [0.2, 0.25) is 5.51 Å². The van der Waals surface area contributed by atoms with Crippen LogP contribution in [-0.4, -0.2) is 0 Å². The highest BCUT2D eigenvalue weighted by Gasteiger charge is 2.22. The minimum atomic E-state index is 0.228. The van der Waals surface area contributed by atoms with E-state index in [2.05, 4.69) is 50.9 Å². The summed E-state index contributed by atoms with van der Waals surface area (Å²) in [5, 5.41) is 0. The topological polar surface area (TPSA) is 3.88 Å². The molecular weight excluding hydrogens is 178 g/mol. The summed E-state index contributed by atoms with van der Waals surface area (Å²) in [6.45, 7) is 11.2. The zero-order chi connectivity index (χ0) is 10.1. The molecule has 1 nitrogen and oxygen atoms in total. The Hall–Kier alpha value is -0.370. The Morgan fingerprint density at radius 2 is 2.00 bits per heavy atom. The molecule has 13 heavy (non-hydrogen) atoms. The van der Waals surface area contributed by atoms with E-state index in [1.807, 2.05) is 11.3 Å². The summed E-state index contributed by atoms with van der Waals surface area (Å²) < 4.78 is 2.30. The van der Waals surface area contributed by atoms with Gasteiger partial charge in [0.15, 0.2) is 11.7 Å². The number of hydrogen-bond acceptors (Lipinski definition) is 1. The minimum Gasteiger partial charge on any atom is -0.191 e. The summed E-state index contributed by atoms with van der Waals surface area (Å²) in [6.07, 6.45) is 3.48. The normalized spacial score (nSPS) is 12.5. The first-order valence-corrected chi connectivity index (χ1v) is 5.76. The van der Waals surface area contributed by atoms with Gasteiger partial charge in [-0.15, -0.1) is 0 Å². The second kappa shape index (κ2) is 3.79. The van der Waals surface area contributed by atoms with E-state index < -0.39 is 0 Å². The third-order valence-electron chi connectivity index (χ3n) is 1.98. The van der Waals surface area contributed by atoms with Crippen LogP contribution < -0.4 is 4.57 Å². The summed E-state index contributed by atoms with van der Waals surface area (Å²) in [5.41, 5.74) is 2.45. The maximum atomic E-state index is 2.30. The van der Waals surface area contributed by atoms with Gasteiger partial charge in [0.25, 0.3) is 0 Å². The Kier molecular flexibility index (Phi) is 3.12. The van der Waals surface area contributed by atoms with Gasteiger partial charge >= 0.3 is 0 Å². The van der Waals surface area contributed by atoms with Crippen molar-refractivity contribution in [3.63, 3.8) is 0 Å². The second-order valence-corrected chi connectivity index (χ2v) is 5.97. The van der Waals surface area contributed by atoms with Gasteiger partial charge in [-0.05, 0) is 12.3 Å². The van der Waals surface area contributed by atoms with Gasteiger partial charge in [0.05, 0.1) is 4.88 Å². The molecule has 0 aliphatic heterocycles. The van der Waals surface area contributed by atoms with Crippen LogP contribution in [0, 0.1) is 5.92 Å². The van der Waals surface area contributed by atoms with Crippen LogP contribution in [0.3, 0.4) is 0 Å². The van der Waals surface area contributed by atoms with Crippen molar-refractivity contribution in [3.05, 3.63) is 16.6 Å². The van der Waals surface area contributed by atoms with Gasteiger partial charge in [-0.25, -0.2) is 0 Å². The van der Waals surface area contributed by atoms with E-state index in [0.29, 0.717) is 0 Å². The van der Waals surface area contributed by atoms with E-state index in [4.69, 9.17) is 0 Å². The maximum Gasteiger partial charge on any atom is 0.225 e. The monoisotopic (exact) mass is 198 g/mol. The van der Waals surface area contributed by atoms with E-state index in [1.165, 1.54) is 11.3 Å². The molecule has 0 aliphatic rings. The lowest BCUT2D eigenvalue weighted by Gasteiger charge is -2.09. The smallest absolute Gasteiger partial charge is 0.191 e. The van der Waals surface area contributed by atoms with Crippen molar-refractivity contribution < 1.29 is 4.57 Å². The predicted molar refractivity (Wildman–Crippen MR) is 58.1 cm³/mol. The Bertz CT molecular complexity index is 268. The molecule has 0 N–H and O–H groups in total. The highest BCUT2D eigenvalue weighted by Crippen LogP contribution is 2.14. The molecule has 1 rings (SSSR count). The Balaban J connectivity index is 2.75. The fourth-order valence-electron chi connectivity index (χ4n) is 1.20. The molecule has 0 bridgehead atoms. The van der Waals surface area contributed by atoms with Gasteiger partial charge in [0, 0.05) is 20.8 Å². The van der Waals surface area contributed by atoms with Crippen molar-refractivity contribution >= 4 is 11.3 Å². The summed E-state index contributed by atoms with van der Waals surface area (Å²) in [6, 6.07) is 0. The summed E-state index contributed by atoms with van der Waals surface area (Å²) >= 11 is 1.87. The van der Waals surface area contributed by atoms with Gasteiger partial charge in [0.1, 0.15) is 0 Å². The molecule has 0 aliphatic carbocycles. The third kappa shape index (κ3) is 3.11. The van der Waals surface area contributed by atoms with E-state index in [1.54, 1.807) is 0 Å². The van der Waals surface area contributed by atoms with Gasteiger partial charge in [-0.3, -0.25) is 0 Å². The van der Waals surface area contributed by atoms with Gasteiger partial charge in [-0.2, -0.15) is 4.57 Å². The van der Waals surface area contributed by atoms with Crippen LogP contribution in [0.2, 0.25) is 0 Å². The first kappa shape index (κ1) is 10.7. The average Bonchev–Trinajstić information content (AvgIpc) is 2.32. The molecule has 0 atom stereocenters. The Labute approximate surface area is 85.4 Å². The second-order valence-electron chi connectivity index (χ2n) is 4.99. The van der Waals surface area contributed by atoms with Crippen molar-refractivity contribution in [3.8, 4) is 0 Å². The third-order valence-corrected chi connectivity index (χ3v) is 2.89. The van der Waals surface area contributed by atoms with E-state index in [0.717, 1.165) is 5.92 Å². The zero-order valence-corrected chi connectivity index (χ0v) is 10.1. The van der Waals surface area contributed by atoms with Gasteiger partial charge in [-0.1, -0.05) is 25.2 Å². The van der Waals surface area contributed by atoms with E-state index in [9.17, 15) is 0 Å². The minimum absolute atomic E-state index is 0.228. The molecule has 0 saturated heterocycles. The number of hydrogen-bond donors (Lipinski definition) is 0. The van der Waals surface area contributed by atoms with Crippen molar-refractivity contribution in [1.29, 1.82) is 0 Å². The summed E-state index contributed by atoms with van der Waals surface area (Å²) in [5.74, 6) is 0.757. The molecule has 1 aromatic rings. The zero-order valence-electron chi connectivity index (χ0n) is 9.29. The fraction of sp³-hybridized carbons (Fsp3) is 0.727. The van der Waals surface area contributed by atoms with Crippen molar-refractivity contribution in [1.82, 2.24) is 0 Å². The van der Waals surface area contributed by atoms with Crippen LogP contribution >= 0.6 is 11.3 Å². The molecule has 1 heterocycles. The number of nitrogens with zero attached hydrogens (tertiary/aromatic N) is 1. The van der Waals surface area contributed by atoms with Crippen molar-refractivity contribution in [2.75, 3.05) is 0 Å². The molecule has 0 amide bonds. The first-order valence-electron chi connectivity index (χ1n) is 4.89. The van der Waals surface area contributed by atoms with Crippen molar-refractivity contribution in [2.45, 2.75) is 46.6 Å². The van der Waals surface area contributed by atoms with Crippen LogP contribution in [0.25, 0.3) is 0 Å². The molecule has 0 saturated carbocycles. The van der Waals surface area contributed by atoms with Crippen LogP contribution in [0.15, 0.2) is 11.7 Å². The van der Waals surface area contributed by atoms with Crippen LogP contribution in [0.1, 0.15) is 39.5 Å². The lowest BCUT2D eigenvalue weighted by Crippen LogP contribution is -2.48. The molecule has 0 unspecified atom stereocenters. The number of rotatable bonds is 2. The van der Waals surface area contributed by atoms with Crippen LogP contribution in [0.5, 0.6) is 0 Å². The van der Waals surface area contributed by atoms with E-state index >= 15 is 0 Å². The fourth-order valence-corrected chi connectivity index (χ4v) is 2.43. The molecule has 2 heteroatoms. The number of aromatic nitrogens is 1. The molecule has 74 valence electrons. The molecule has 0 fully saturated rings. The van der Waals surface area contributed by atoms with E-state index in [-0.39, 0.29) is 5.54 Å². The highest BCUT2D eigenvalue weighted by atomic mass is 32.1. The Morgan fingerprint density at radius 3 is 2.38 bits per heavy atom. The lowest BCUT2D eigenvalue weighted by atomic mass is 10.1. The maximum absolute atomic E-state index is 2.30. The molecular formula is C11H20NS+. The highest BCUT2D eigenvalue weighted by molar-refractivity contribution is 7.09. The molecule has 1 aromatic heterocycles. The first-order chi connectivity index (χ1) is 5.89. The summed E-state index contributed by atoms with van der Waals surface area (Å²) in [4.78, 5) is 1.49.